The van der Waals surface area contributed by atoms with Gasteiger partial charge in [0, 0.05) is 58.8 Å². The quantitative estimate of drug-likeness (QED) is 0.208. The first-order chi connectivity index (χ1) is 21.8. The third kappa shape index (κ3) is 3.49. The Balaban J connectivity index is 1.23. The highest BCUT2D eigenvalue weighted by Crippen LogP contribution is 2.43. The van der Waals surface area contributed by atoms with Crippen molar-refractivity contribution in [3.05, 3.63) is 140 Å². The van der Waals surface area contributed by atoms with Gasteiger partial charge in [0.2, 0.25) is 0 Å². The molecule has 206 valence electrons. The van der Waals surface area contributed by atoms with Crippen molar-refractivity contribution in [3.63, 3.8) is 0 Å². The van der Waals surface area contributed by atoms with Crippen molar-refractivity contribution in [1.29, 1.82) is 0 Å². The molecule has 0 radical (unpaired) electrons. The van der Waals surface area contributed by atoms with Crippen LogP contribution in [-0.4, -0.2) is 0 Å². The molecule has 10 rings (SSSR count). The number of thiophene rings is 1. The summed E-state index contributed by atoms with van der Waals surface area (Å²) in [6.07, 6.45) is 0. The topological polar surface area (TPSA) is 29.5 Å². The summed E-state index contributed by atoms with van der Waals surface area (Å²) in [5.74, 6) is 0. The van der Waals surface area contributed by atoms with E-state index in [1.165, 1.54) is 30.9 Å². The fraction of sp³-hybridized carbons (Fsp3) is 0. The van der Waals surface area contributed by atoms with Gasteiger partial charge in [-0.1, -0.05) is 60.7 Å². The third-order valence-electron chi connectivity index (χ3n) is 8.81. The van der Waals surface area contributed by atoms with Crippen molar-refractivity contribution < 1.29 is 8.83 Å². The van der Waals surface area contributed by atoms with Crippen molar-refractivity contribution in [1.82, 2.24) is 0 Å². The molecule has 0 saturated heterocycles. The highest BCUT2D eigenvalue weighted by Gasteiger charge is 2.18. The van der Waals surface area contributed by atoms with Crippen LogP contribution in [0.1, 0.15) is 0 Å². The van der Waals surface area contributed by atoms with E-state index in [0.29, 0.717) is 0 Å². The van der Waals surface area contributed by atoms with Gasteiger partial charge >= 0.3 is 0 Å². The van der Waals surface area contributed by atoms with E-state index < -0.39 is 0 Å². The Bertz CT molecular complexity index is 2630. The van der Waals surface area contributed by atoms with Crippen molar-refractivity contribution >= 4 is 103 Å². The normalized spacial score (nSPS) is 12.1. The lowest BCUT2D eigenvalue weighted by Crippen LogP contribution is -2.09. The SMILES string of the molecule is c1ccc2c(c1)oc1ccc(N(c3ccc4cc5sc6ccccc6c5cc4c3)c3ccc4oc5ccccc5c4c3)cc12. The lowest BCUT2D eigenvalue weighted by molar-refractivity contribution is 0.668. The van der Waals surface area contributed by atoms with Gasteiger partial charge in [0.1, 0.15) is 22.3 Å². The Hall–Kier alpha value is -5.58. The zero-order valence-electron chi connectivity index (χ0n) is 23.5. The van der Waals surface area contributed by atoms with Crippen LogP contribution in [0, 0.1) is 0 Å². The number of hydrogen-bond acceptors (Lipinski definition) is 4. The van der Waals surface area contributed by atoms with Crippen LogP contribution in [0.5, 0.6) is 0 Å². The minimum atomic E-state index is 0.886. The average molecular weight is 582 g/mol. The molecule has 0 bridgehead atoms. The van der Waals surface area contributed by atoms with Crippen LogP contribution < -0.4 is 4.90 Å². The van der Waals surface area contributed by atoms with Gasteiger partial charge < -0.3 is 13.7 Å². The fourth-order valence-electron chi connectivity index (χ4n) is 6.75. The monoisotopic (exact) mass is 581 g/mol. The summed E-state index contributed by atoms with van der Waals surface area (Å²) >= 11 is 1.86. The van der Waals surface area contributed by atoms with Gasteiger partial charge in [-0.3, -0.25) is 0 Å². The van der Waals surface area contributed by atoms with Crippen molar-refractivity contribution in [2.24, 2.45) is 0 Å². The molecule has 44 heavy (non-hydrogen) atoms. The van der Waals surface area contributed by atoms with E-state index >= 15 is 0 Å². The maximum absolute atomic E-state index is 6.19. The van der Waals surface area contributed by atoms with Gasteiger partial charge in [-0.05, 0) is 89.6 Å². The average Bonchev–Trinajstić information content (AvgIpc) is 3.74. The molecular weight excluding hydrogens is 559 g/mol. The number of para-hydroxylation sites is 2. The molecule has 4 heteroatoms. The van der Waals surface area contributed by atoms with E-state index in [1.807, 2.05) is 35.6 Å². The Morgan fingerprint density at radius 1 is 0.364 bits per heavy atom. The van der Waals surface area contributed by atoms with Gasteiger partial charge in [0.25, 0.3) is 0 Å². The molecular formula is C40H23NO2S. The van der Waals surface area contributed by atoms with Crippen LogP contribution in [0.15, 0.2) is 148 Å². The Morgan fingerprint density at radius 2 is 0.909 bits per heavy atom. The molecule has 0 aliphatic rings. The van der Waals surface area contributed by atoms with E-state index in [-0.39, 0.29) is 0 Å². The standard InChI is InChI=1S/C40H23NO2S/c1-4-10-35-29(7-1)32-22-27(15-17-37(32)42-35)41(28-16-18-38-33(23-28)30-8-2-5-11-36(30)43-38)26-14-13-24-21-40-34(20-25(24)19-26)31-9-3-6-12-39(31)44-40/h1-23H. The van der Waals surface area contributed by atoms with E-state index in [2.05, 4.69) is 120 Å². The highest BCUT2D eigenvalue weighted by molar-refractivity contribution is 7.25. The Labute approximate surface area is 255 Å². The largest absolute Gasteiger partial charge is 0.456 e. The highest BCUT2D eigenvalue weighted by atomic mass is 32.1. The van der Waals surface area contributed by atoms with Crippen LogP contribution >= 0.6 is 11.3 Å². The van der Waals surface area contributed by atoms with Crippen molar-refractivity contribution in [2.75, 3.05) is 4.90 Å². The second-order valence-corrected chi connectivity index (χ2v) is 12.5. The second-order valence-electron chi connectivity index (χ2n) is 11.4. The minimum Gasteiger partial charge on any atom is -0.456 e. The summed E-state index contributed by atoms with van der Waals surface area (Å²) in [5, 5.41) is 9.51. The summed E-state index contributed by atoms with van der Waals surface area (Å²) in [5.41, 5.74) is 6.80. The van der Waals surface area contributed by atoms with Crippen molar-refractivity contribution in [3.8, 4) is 0 Å². The molecule has 3 heterocycles. The van der Waals surface area contributed by atoms with Gasteiger partial charge in [0.15, 0.2) is 0 Å². The van der Waals surface area contributed by atoms with Crippen LogP contribution in [0.25, 0.3) is 74.8 Å². The zero-order chi connectivity index (χ0) is 28.8. The molecule has 0 aliphatic heterocycles. The molecule has 0 saturated carbocycles. The Morgan fingerprint density at radius 3 is 1.59 bits per heavy atom. The molecule has 0 fully saturated rings. The molecule has 3 nitrogen and oxygen atoms in total. The van der Waals surface area contributed by atoms with Crippen molar-refractivity contribution in [2.45, 2.75) is 0 Å². The molecule has 3 aromatic heterocycles. The molecule has 0 spiro atoms. The molecule has 0 atom stereocenters. The van der Waals surface area contributed by atoms with E-state index in [1.54, 1.807) is 0 Å². The van der Waals surface area contributed by atoms with Crippen LogP contribution in [-0.2, 0) is 0 Å². The Kier molecular flexibility index (Phi) is 4.87. The zero-order valence-corrected chi connectivity index (χ0v) is 24.3. The lowest BCUT2D eigenvalue weighted by Gasteiger charge is -2.26. The lowest BCUT2D eigenvalue weighted by atomic mass is 10.0. The van der Waals surface area contributed by atoms with Crippen LogP contribution in [0.4, 0.5) is 17.1 Å². The number of benzene rings is 7. The van der Waals surface area contributed by atoms with Gasteiger partial charge in [-0.15, -0.1) is 11.3 Å². The van der Waals surface area contributed by atoms with Gasteiger partial charge in [-0.2, -0.15) is 0 Å². The molecule has 0 N–H and O–H groups in total. The first kappa shape index (κ1) is 23.9. The number of hydrogen-bond donors (Lipinski definition) is 0. The van der Waals surface area contributed by atoms with Crippen LogP contribution in [0.3, 0.4) is 0 Å². The second kappa shape index (κ2) is 8.96. The maximum atomic E-state index is 6.19. The van der Waals surface area contributed by atoms with Gasteiger partial charge in [-0.25, -0.2) is 0 Å². The van der Waals surface area contributed by atoms with E-state index in [4.69, 9.17) is 8.83 Å². The maximum Gasteiger partial charge on any atom is 0.135 e. The number of nitrogens with zero attached hydrogens (tertiary/aromatic N) is 1. The first-order valence-corrected chi connectivity index (χ1v) is 15.6. The molecule has 0 amide bonds. The molecule has 0 aliphatic carbocycles. The molecule has 10 aromatic rings. The first-order valence-electron chi connectivity index (χ1n) is 14.7. The summed E-state index contributed by atoms with van der Waals surface area (Å²) < 4.78 is 15.0. The summed E-state index contributed by atoms with van der Waals surface area (Å²) in [6.45, 7) is 0. The summed E-state index contributed by atoms with van der Waals surface area (Å²) in [7, 11) is 0. The summed E-state index contributed by atoms with van der Waals surface area (Å²) in [6, 6.07) is 49.6. The molecule has 0 unspecified atom stereocenters. The number of rotatable bonds is 3. The number of furan rings is 2. The predicted octanol–water partition coefficient (Wildman–Crippen LogP) is 12.5. The number of fused-ring (bicyclic) bond motifs is 10. The predicted molar refractivity (Wildman–Crippen MR) is 186 cm³/mol. The van der Waals surface area contributed by atoms with Gasteiger partial charge in [0.05, 0.1) is 0 Å². The third-order valence-corrected chi connectivity index (χ3v) is 9.95. The number of anilines is 3. The minimum absolute atomic E-state index is 0.886. The van der Waals surface area contributed by atoms with Crippen LogP contribution in [0.2, 0.25) is 0 Å². The smallest absolute Gasteiger partial charge is 0.135 e. The van der Waals surface area contributed by atoms with E-state index in [9.17, 15) is 0 Å². The molecule has 7 aromatic carbocycles. The van der Waals surface area contributed by atoms with E-state index in [0.717, 1.165) is 60.9 Å². The summed E-state index contributed by atoms with van der Waals surface area (Å²) in [4.78, 5) is 2.35. The fourth-order valence-corrected chi connectivity index (χ4v) is 7.88.